The lowest BCUT2D eigenvalue weighted by molar-refractivity contribution is -0.119. The third kappa shape index (κ3) is 3.27. The monoisotopic (exact) mass is 267 g/mol. The fourth-order valence-electron chi connectivity index (χ4n) is 1.34. The fourth-order valence-corrected chi connectivity index (χ4v) is 1.96. The van der Waals surface area contributed by atoms with Gasteiger partial charge in [0.2, 0.25) is 17.0 Å². The first kappa shape index (κ1) is 12.5. The maximum absolute atomic E-state index is 11.7. The molecular formula is C10H13N5O2S. The molecular weight excluding hydrogens is 254 g/mol. The van der Waals surface area contributed by atoms with Crippen LogP contribution in [0.4, 0.5) is 5.95 Å². The molecule has 2 aromatic heterocycles. The first-order valence-corrected chi connectivity index (χ1v) is 6.27. The molecule has 0 bridgehead atoms. The number of amides is 1. The van der Waals surface area contributed by atoms with Crippen molar-refractivity contribution in [3.05, 3.63) is 24.2 Å². The van der Waals surface area contributed by atoms with Crippen LogP contribution in [0.3, 0.4) is 0 Å². The number of carbonyl (C=O) groups is 1. The largest absolute Gasteiger partial charge is 0.467 e. The quantitative estimate of drug-likeness (QED) is 0.696. The number of thioether (sulfide) groups is 1. The summed E-state index contributed by atoms with van der Waals surface area (Å²) in [6, 6.07) is 3.43. The van der Waals surface area contributed by atoms with Gasteiger partial charge in [0.25, 0.3) is 0 Å². The molecule has 2 aromatic rings. The van der Waals surface area contributed by atoms with Gasteiger partial charge in [-0.1, -0.05) is 11.8 Å². The molecule has 0 fully saturated rings. The summed E-state index contributed by atoms with van der Waals surface area (Å²) in [7, 11) is 0. The number of nitrogens with two attached hydrogens (primary N) is 1. The summed E-state index contributed by atoms with van der Waals surface area (Å²) in [6.07, 6.45) is 1.57. The van der Waals surface area contributed by atoms with Crippen molar-refractivity contribution in [1.82, 2.24) is 20.5 Å². The van der Waals surface area contributed by atoms with Crippen LogP contribution in [-0.2, 0) is 4.79 Å². The summed E-state index contributed by atoms with van der Waals surface area (Å²) in [5, 5.41) is 9.59. The van der Waals surface area contributed by atoms with Crippen LogP contribution in [0.1, 0.15) is 18.7 Å². The van der Waals surface area contributed by atoms with E-state index in [0.29, 0.717) is 5.16 Å². The summed E-state index contributed by atoms with van der Waals surface area (Å²) in [5.41, 5.74) is 5.37. The van der Waals surface area contributed by atoms with Gasteiger partial charge in [-0.2, -0.15) is 4.98 Å². The summed E-state index contributed by atoms with van der Waals surface area (Å²) >= 11 is 1.21. The second kappa shape index (κ2) is 5.58. The highest BCUT2D eigenvalue weighted by molar-refractivity contribution is 7.99. The van der Waals surface area contributed by atoms with Crippen LogP contribution in [0.15, 0.2) is 28.0 Å². The van der Waals surface area contributed by atoms with E-state index in [1.54, 1.807) is 12.3 Å². The number of hydrogen-bond acceptors (Lipinski definition) is 6. The third-order valence-corrected chi connectivity index (χ3v) is 3.01. The van der Waals surface area contributed by atoms with Crippen LogP contribution in [-0.4, -0.2) is 26.8 Å². The van der Waals surface area contributed by atoms with Crippen molar-refractivity contribution in [2.24, 2.45) is 0 Å². The molecule has 0 aliphatic heterocycles. The Morgan fingerprint density at radius 2 is 2.56 bits per heavy atom. The lowest BCUT2D eigenvalue weighted by Crippen LogP contribution is -2.27. The predicted molar refractivity (Wildman–Crippen MR) is 66.8 cm³/mol. The van der Waals surface area contributed by atoms with Crippen LogP contribution in [0, 0.1) is 0 Å². The van der Waals surface area contributed by atoms with E-state index in [9.17, 15) is 4.79 Å². The van der Waals surface area contributed by atoms with Gasteiger partial charge in [0.15, 0.2) is 0 Å². The number of aromatic amines is 1. The maximum Gasteiger partial charge on any atom is 0.231 e. The number of furan rings is 1. The molecule has 1 unspecified atom stereocenters. The van der Waals surface area contributed by atoms with Gasteiger partial charge in [-0.3, -0.25) is 4.79 Å². The van der Waals surface area contributed by atoms with E-state index in [1.165, 1.54) is 11.8 Å². The molecule has 0 aliphatic rings. The second-order valence-corrected chi connectivity index (χ2v) is 4.54. The number of anilines is 1. The van der Waals surface area contributed by atoms with Crippen molar-refractivity contribution in [2.45, 2.75) is 18.1 Å². The number of carbonyl (C=O) groups excluding carboxylic acids is 1. The fraction of sp³-hybridized carbons (Fsp3) is 0.300. The molecule has 2 heterocycles. The Bertz CT molecular complexity index is 510. The molecule has 96 valence electrons. The highest BCUT2D eigenvalue weighted by atomic mass is 32.2. The summed E-state index contributed by atoms with van der Waals surface area (Å²) in [5.74, 6) is 1.06. The van der Waals surface area contributed by atoms with Gasteiger partial charge in [-0.05, 0) is 19.1 Å². The minimum Gasteiger partial charge on any atom is -0.467 e. The van der Waals surface area contributed by atoms with Gasteiger partial charge in [0.1, 0.15) is 5.76 Å². The van der Waals surface area contributed by atoms with Gasteiger partial charge in [-0.15, -0.1) is 5.10 Å². The number of nitrogens with one attached hydrogen (secondary N) is 2. The average molecular weight is 267 g/mol. The Labute approximate surface area is 108 Å². The Morgan fingerprint density at radius 3 is 3.17 bits per heavy atom. The minimum atomic E-state index is -0.162. The first-order chi connectivity index (χ1) is 8.65. The van der Waals surface area contributed by atoms with Gasteiger partial charge >= 0.3 is 0 Å². The standard InChI is InChI=1S/C10H13N5O2S/c1-6(7-3-2-4-17-7)12-8(16)5-18-10-13-9(11)14-15-10/h2-4,6H,5H2,1H3,(H,12,16)(H3,11,13,14,15). The van der Waals surface area contributed by atoms with E-state index >= 15 is 0 Å². The normalized spacial score (nSPS) is 12.3. The molecule has 7 nitrogen and oxygen atoms in total. The van der Waals surface area contributed by atoms with Crippen molar-refractivity contribution in [1.29, 1.82) is 0 Å². The molecule has 1 atom stereocenters. The van der Waals surface area contributed by atoms with E-state index in [-0.39, 0.29) is 23.7 Å². The van der Waals surface area contributed by atoms with E-state index in [1.807, 2.05) is 13.0 Å². The highest BCUT2D eigenvalue weighted by Crippen LogP contribution is 2.15. The zero-order valence-corrected chi connectivity index (χ0v) is 10.5. The molecule has 0 spiro atoms. The predicted octanol–water partition coefficient (Wildman–Crippen LogP) is 0.949. The molecule has 2 rings (SSSR count). The smallest absolute Gasteiger partial charge is 0.231 e. The minimum absolute atomic E-state index is 0.118. The van der Waals surface area contributed by atoms with Crippen molar-refractivity contribution < 1.29 is 9.21 Å². The van der Waals surface area contributed by atoms with E-state index in [0.717, 1.165) is 5.76 Å². The molecule has 0 aromatic carbocycles. The number of aromatic nitrogens is 3. The van der Waals surface area contributed by atoms with Crippen molar-refractivity contribution in [3.8, 4) is 0 Å². The van der Waals surface area contributed by atoms with Crippen LogP contribution < -0.4 is 11.1 Å². The zero-order valence-electron chi connectivity index (χ0n) is 9.71. The van der Waals surface area contributed by atoms with Gasteiger partial charge in [0, 0.05) is 0 Å². The van der Waals surface area contributed by atoms with E-state index in [2.05, 4.69) is 20.5 Å². The summed E-state index contributed by atoms with van der Waals surface area (Å²) < 4.78 is 5.19. The molecule has 0 saturated carbocycles. The molecule has 8 heteroatoms. The number of H-pyrrole nitrogens is 1. The van der Waals surface area contributed by atoms with Crippen LogP contribution in [0.2, 0.25) is 0 Å². The Morgan fingerprint density at radius 1 is 1.72 bits per heavy atom. The van der Waals surface area contributed by atoms with Gasteiger partial charge in [0.05, 0.1) is 18.1 Å². The number of nitrogen functional groups attached to an aromatic ring is 1. The van der Waals surface area contributed by atoms with E-state index in [4.69, 9.17) is 10.2 Å². The maximum atomic E-state index is 11.7. The molecule has 1 amide bonds. The lowest BCUT2D eigenvalue weighted by atomic mass is 10.2. The topological polar surface area (TPSA) is 110 Å². The number of rotatable bonds is 5. The molecule has 0 radical (unpaired) electrons. The Hall–Kier alpha value is -1.96. The highest BCUT2D eigenvalue weighted by Gasteiger charge is 2.12. The van der Waals surface area contributed by atoms with E-state index < -0.39 is 0 Å². The van der Waals surface area contributed by atoms with Gasteiger partial charge in [-0.25, -0.2) is 5.10 Å². The van der Waals surface area contributed by atoms with Crippen LogP contribution in [0.5, 0.6) is 0 Å². The molecule has 18 heavy (non-hydrogen) atoms. The van der Waals surface area contributed by atoms with Crippen molar-refractivity contribution >= 4 is 23.6 Å². The SMILES string of the molecule is CC(NC(=O)CSc1n[nH]c(N)n1)c1ccco1. The number of nitrogens with zero attached hydrogens (tertiary/aromatic N) is 2. The van der Waals surface area contributed by atoms with Crippen molar-refractivity contribution in [3.63, 3.8) is 0 Å². The molecule has 0 saturated heterocycles. The first-order valence-electron chi connectivity index (χ1n) is 5.28. The van der Waals surface area contributed by atoms with Crippen molar-refractivity contribution in [2.75, 3.05) is 11.5 Å². The zero-order chi connectivity index (χ0) is 13.0. The van der Waals surface area contributed by atoms with Gasteiger partial charge < -0.3 is 15.5 Å². The third-order valence-electron chi connectivity index (χ3n) is 2.16. The molecule has 4 N–H and O–H groups in total. The summed E-state index contributed by atoms with van der Waals surface area (Å²) in [4.78, 5) is 15.5. The average Bonchev–Trinajstić information content (AvgIpc) is 2.97. The number of hydrogen-bond donors (Lipinski definition) is 3. The second-order valence-electron chi connectivity index (χ2n) is 3.60. The lowest BCUT2D eigenvalue weighted by Gasteiger charge is -2.10. The Balaban J connectivity index is 1.78. The van der Waals surface area contributed by atoms with Crippen LogP contribution in [0.25, 0.3) is 0 Å². The summed E-state index contributed by atoms with van der Waals surface area (Å²) in [6.45, 7) is 1.85. The Kier molecular flexibility index (Phi) is 3.88. The molecule has 0 aliphatic carbocycles. The van der Waals surface area contributed by atoms with Crippen LogP contribution >= 0.6 is 11.8 Å².